The molecule has 0 aliphatic heterocycles. The largest absolute Gasteiger partial charge is 0.444 e. The van der Waals surface area contributed by atoms with E-state index in [1.54, 1.807) is 25.7 Å². The summed E-state index contributed by atoms with van der Waals surface area (Å²) in [6, 6.07) is 11.8. The maximum absolute atomic E-state index is 14.4. The molecule has 7 nitrogen and oxygen atoms in total. The summed E-state index contributed by atoms with van der Waals surface area (Å²) in [6.07, 6.45) is 3.12. The van der Waals surface area contributed by atoms with E-state index in [1.807, 2.05) is 77.1 Å². The molecule has 0 bridgehead atoms. The Morgan fingerprint density at radius 2 is 1.60 bits per heavy atom. The molecule has 7 heteroatoms. The molecular formula is C33H49N3O4. The number of amides is 3. The first-order valence-corrected chi connectivity index (χ1v) is 14.5. The van der Waals surface area contributed by atoms with E-state index in [0.29, 0.717) is 12.2 Å². The molecule has 0 aromatic heterocycles. The molecule has 40 heavy (non-hydrogen) atoms. The standard InChI is InChI=1S/C33H49N3O4/c1-10-11-12-15-20-36(31(38)28(22(2)3)35-32(39)40-33(7,8)9)29(26-21-23(4)18-19-24(26)5)30(37)34-27-17-14-13-16-25(27)6/h13-14,16-19,21-22,28-29H,10-12,15,20H2,1-9H3,(H,34,37)(H,35,39). The van der Waals surface area contributed by atoms with Gasteiger partial charge in [0.15, 0.2) is 0 Å². The molecule has 0 aliphatic carbocycles. The summed E-state index contributed by atoms with van der Waals surface area (Å²) in [4.78, 5) is 42.9. The molecule has 2 aromatic carbocycles. The molecule has 0 heterocycles. The van der Waals surface area contributed by atoms with Crippen molar-refractivity contribution in [3.05, 3.63) is 64.7 Å². The molecule has 0 fully saturated rings. The van der Waals surface area contributed by atoms with Crippen LogP contribution >= 0.6 is 0 Å². The Morgan fingerprint density at radius 3 is 2.20 bits per heavy atom. The number of nitrogens with zero attached hydrogens (tertiary/aromatic N) is 1. The molecule has 2 unspecified atom stereocenters. The van der Waals surface area contributed by atoms with Gasteiger partial charge in [0.05, 0.1) is 0 Å². The van der Waals surface area contributed by atoms with E-state index < -0.39 is 23.8 Å². The number of hydrogen-bond acceptors (Lipinski definition) is 4. The highest BCUT2D eigenvalue weighted by atomic mass is 16.6. The van der Waals surface area contributed by atoms with Gasteiger partial charge in [0.2, 0.25) is 5.91 Å². The number of alkyl carbamates (subject to hydrolysis) is 1. The first-order valence-electron chi connectivity index (χ1n) is 14.5. The number of rotatable bonds is 12. The van der Waals surface area contributed by atoms with Crippen molar-refractivity contribution in [1.29, 1.82) is 0 Å². The fourth-order valence-corrected chi connectivity index (χ4v) is 4.62. The van der Waals surface area contributed by atoms with E-state index in [2.05, 4.69) is 17.6 Å². The summed E-state index contributed by atoms with van der Waals surface area (Å²) >= 11 is 0. The second-order valence-corrected chi connectivity index (χ2v) is 12.0. The van der Waals surface area contributed by atoms with Crippen LogP contribution in [0.1, 0.15) is 95.5 Å². The third kappa shape index (κ3) is 9.68. The van der Waals surface area contributed by atoms with Gasteiger partial charge in [-0.3, -0.25) is 9.59 Å². The quantitative estimate of drug-likeness (QED) is 0.272. The van der Waals surface area contributed by atoms with Crippen LogP contribution in [0.4, 0.5) is 10.5 Å². The summed E-state index contributed by atoms with van der Waals surface area (Å²) in [7, 11) is 0. The van der Waals surface area contributed by atoms with Crippen LogP contribution in [0.25, 0.3) is 0 Å². The summed E-state index contributed by atoms with van der Waals surface area (Å²) in [5.74, 6) is -0.813. The van der Waals surface area contributed by atoms with Gasteiger partial charge in [-0.25, -0.2) is 4.79 Å². The SMILES string of the molecule is CCCCCCN(C(=O)C(NC(=O)OC(C)(C)C)C(C)C)C(C(=O)Nc1ccccc1C)c1cc(C)ccc1C. The summed E-state index contributed by atoms with van der Waals surface area (Å²) in [6.45, 7) is 17.5. The minimum Gasteiger partial charge on any atom is -0.444 e. The van der Waals surface area contributed by atoms with Crippen molar-refractivity contribution in [2.45, 2.75) is 106 Å². The van der Waals surface area contributed by atoms with Crippen molar-refractivity contribution in [2.75, 3.05) is 11.9 Å². The number of nitrogens with one attached hydrogen (secondary N) is 2. The highest BCUT2D eigenvalue weighted by Crippen LogP contribution is 2.30. The van der Waals surface area contributed by atoms with E-state index in [9.17, 15) is 14.4 Å². The van der Waals surface area contributed by atoms with Crippen LogP contribution in [0.15, 0.2) is 42.5 Å². The van der Waals surface area contributed by atoms with Crippen LogP contribution in [-0.2, 0) is 14.3 Å². The number of unbranched alkanes of at least 4 members (excludes halogenated alkanes) is 3. The highest BCUT2D eigenvalue weighted by molar-refractivity contribution is 5.99. The van der Waals surface area contributed by atoms with Crippen molar-refractivity contribution < 1.29 is 19.1 Å². The lowest BCUT2D eigenvalue weighted by Gasteiger charge is -2.36. The molecule has 0 saturated heterocycles. The third-order valence-electron chi connectivity index (χ3n) is 6.83. The second-order valence-electron chi connectivity index (χ2n) is 12.0. The average Bonchev–Trinajstić information content (AvgIpc) is 2.86. The van der Waals surface area contributed by atoms with Gasteiger partial charge in [0, 0.05) is 12.2 Å². The van der Waals surface area contributed by atoms with Gasteiger partial charge < -0.3 is 20.3 Å². The van der Waals surface area contributed by atoms with Crippen LogP contribution in [0.5, 0.6) is 0 Å². The van der Waals surface area contributed by atoms with Crippen LogP contribution in [0, 0.1) is 26.7 Å². The lowest BCUT2D eigenvalue weighted by Crippen LogP contribution is -2.54. The van der Waals surface area contributed by atoms with Gasteiger partial charge in [-0.1, -0.05) is 82.0 Å². The molecule has 0 spiro atoms. The number of hydrogen-bond donors (Lipinski definition) is 2. The molecule has 0 radical (unpaired) electrons. The average molecular weight is 552 g/mol. The predicted molar refractivity (Wildman–Crippen MR) is 162 cm³/mol. The molecule has 2 atom stereocenters. The zero-order valence-electron chi connectivity index (χ0n) is 25.9. The first kappa shape index (κ1) is 32.9. The second kappa shape index (κ2) is 14.9. The van der Waals surface area contributed by atoms with Gasteiger partial charge in [-0.15, -0.1) is 0 Å². The molecule has 0 aliphatic rings. The monoisotopic (exact) mass is 551 g/mol. The smallest absolute Gasteiger partial charge is 0.408 e. The maximum Gasteiger partial charge on any atom is 0.408 e. The van der Waals surface area contributed by atoms with E-state index >= 15 is 0 Å². The molecule has 220 valence electrons. The van der Waals surface area contributed by atoms with Crippen LogP contribution in [-0.4, -0.2) is 41.0 Å². The number of para-hydroxylation sites is 1. The number of ether oxygens (including phenoxy) is 1. The Hall–Kier alpha value is -3.35. The molecule has 3 amide bonds. The Kier molecular flexibility index (Phi) is 12.2. The molecule has 0 saturated carbocycles. The van der Waals surface area contributed by atoms with Crippen LogP contribution in [0.2, 0.25) is 0 Å². The summed E-state index contributed by atoms with van der Waals surface area (Å²) < 4.78 is 5.48. The van der Waals surface area contributed by atoms with E-state index in [1.165, 1.54) is 0 Å². The van der Waals surface area contributed by atoms with E-state index in [0.717, 1.165) is 47.9 Å². The number of carbonyl (C=O) groups excluding carboxylic acids is 3. The third-order valence-corrected chi connectivity index (χ3v) is 6.83. The van der Waals surface area contributed by atoms with Crippen molar-refractivity contribution in [3.8, 4) is 0 Å². The zero-order valence-corrected chi connectivity index (χ0v) is 25.9. The van der Waals surface area contributed by atoms with Gasteiger partial charge in [0.1, 0.15) is 17.7 Å². The lowest BCUT2D eigenvalue weighted by atomic mass is 9.94. The number of anilines is 1. The molecular weight excluding hydrogens is 502 g/mol. The van der Waals surface area contributed by atoms with Gasteiger partial charge in [0.25, 0.3) is 5.91 Å². The summed E-state index contributed by atoms with van der Waals surface area (Å²) in [5, 5.41) is 5.89. The summed E-state index contributed by atoms with van der Waals surface area (Å²) in [5.41, 5.74) is 3.62. The lowest BCUT2D eigenvalue weighted by molar-refractivity contribution is -0.141. The minimum absolute atomic E-state index is 0.225. The van der Waals surface area contributed by atoms with Crippen molar-refractivity contribution >= 4 is 23.6 Å². The highest BCUT2D eigenvalue weighted by Gasteiger charge is 2.38. The van der Waals surface area contributed by atoms with Gasteiger partial charge >= 0.3 is 6.09 Å². The topological polar surface area (TPSA) is 87.7 Å². The Morgan fingerprint density at radius 1 is 0.925 bits per heavy atom. The fraction of sp³-hybridized carbons (Fsp3) is 0.545. The van der Waals surface area contributed by atoms with Crippen molar-refractivity contribution in [1.82, 2.24) is 10.2 Å². The number of carbonyl (C=O) groups is 3. The number of aryl methyl sites for hydroxylation is 3. The predicted octanol–water partition coefficient (Wildman–Crippen LogP) is 7.25. The Labute approximate surface area is 241 Å². The maximum atomic E-state index is 14.4. The fourth-order valence-electron chi connectivity index (χ4n) is 4.62. The molecule has 2 rings (SSSR count). The Bertz CT molecular complexity index is 1150. The minimum atomic E-state index is -0.879. The first-order chi connectivity index (χ1) is 18.7. The van der Waals surface area contributed by atoms with Crippen LogP contribution in [0.3, 0.4) is 0 Å². The van der Waals surface area contributed by atoms with E-state index in [-0.39, 0.29) is 17.7 Å². The zero-order chi connectivity index (χ0) is 30.0. The Balaban J connectivity index is 2.59. The van der Waals surface area contributed by atoms with E-state index in [4.69, 9.17) is 4.74 Å². The normalized spacial score (nSPS) is 12.9. The van der Waals surface area contributed by atoms with Gasteiger partial charge in [-0.2, -0.15) is 0 Å². The molecule has 2 N–H and O–H groups in total. The van der Waals surface area contributed by atoms with Crippen LogP contribution < -0.4 is 10.6 Å². The number of benzene rings is 2. The van der Waals surface area contributed by atoms with Crippen molar-refractivity contribution in [2.24, 2.45) is 5.92 Å². The van der Waals surface area contributed by atoms with Crippen molar-refractivity contribution in [3.63, 3.8) is 0 Å². The molecule has 2 aromatic rings. The van der Waals surface area contributed by atoms with Gasteiger partial charge in [-0.05, 0) is 76.6 Å².